The first-order chi connectivity index (χ1) is 8.66. The number of benzene rings is 1. The molecule has 0 saturated carbocycles. The molecule has 1 aromatic heterocycles. The molecule has 18 heavy (non-hydrogen) atoms. The van der Waals surface area contributed by atoms with Gasteiger partial charge in [-0.1, -0.05) is 6.07 Å². The highest BCUT2D eigenvalue weighted by atomic mass is 79.9. The topological polar surface area (TPSA) is 68.1 Å². The summed E-state index contributed by atoms with van der Waals surface area (Å²) in [5.41, 5.74) is 2.75. The molecule has 1 heterocycles. The molecule has 0 radical (unpaired) electrons. The van der Waals surface area contributed by atoms with E-state index in [1.54, 1.807) is 29.0 Å². The largest absolute Gasteiger partial charge is 0.308 e. The van der Waals surface area contributed by atoms with Gasteiger partial charge < -0.3 is 5.32 Å². The minimum atomic E-state index is -0.392. The maximum absolute atomic E-state index is 10.8. The van der Waals surface area contributed by atoms with Crippen LogP contribution in [-0.4, -0.2) is 9.91 Å². The zero-order valence-electron chi connectivity index (χ0n) is 9.30. The van der Waals surface area contributed by atoms with Gasteiger partial charge in [0.25, 0.3) is 5.69 Å². The number of hydrogen-bond donors (Lipinski definition) is 1. The monoisotopic (exact) mass is 327 g/mol. The Hall–Kier alpha value is -1.31. The van der Waals surface area contributed by atoms with Gasteiger partial charge in [0.1, 0.15) is 0 Å². The summed E-state index contributed by atoms with van der Waals surface area (Å²) < 4.78 is 0.499. The van der Waals surface area contributed by atoms with Gasteiger partial charge in [0.05, 0.1) is 14.9 Å². The van der Waals surface area contributed by atoms with E-state index in [2.05, 4.69) is 26.2 Å². The molecular formula is C11H10BrN3O2S. The van der Waals surface area contributed by atoms with Crippen molar-refractivity contribution in [2.75, 3.05) is 0 Å². The van der Waals surface area contributed by atoms with E-state index in [9.17, 15) is 10.1 Å². The van der Waals surface area contributed by atoms with E-state index in [0.29, 0.717) is 17.6 Å². The molecule has 0 spiro atoms. The highest BCUT2D eigenvalue weighted by Crippen LogP contribution is 2.25. The third-order valence-corrected chi connectivity index (χ3v) is 3.77. The second-order valence-corrected chi connectivity index (χ2v) is 5.44. The lowest BCUT2D eigenvalue weighted by Crippen LogP contribution is -2.11. The second-order valence-electron chi connectivity index (χ2n) is 3.61. The van der Waals surface area contributed by atoms with Crippen molar-refractivity contribution >= 4 is 33.0 Å². The van der Waals surface area contributed by atoms with Gasteiger partial charge in [0.15, 0.2) is 0 Å². The lowest BCUT2D eigenvalue weighted by molar-refractivity contribution is -0.385. The maximum atomic E-state index is 10.8. The van der Waals surface area contributed by atoms with Crippen LogP contribution in [0.4, 0.5) is 5.69 Å². The fraction of sp³-hybridized carbons (Fsp3) is 0.182. The molecular weight excluding hydrogens is 318 g/mol. The summed E-state index contributed by atoms with van der Waals surface area (Å²) in [4.78, 5) is 15.5. The number of rotatable bonds is 5. The van der Waals surface area contributed by atoms with Gasteiger partial charge in [-0.25, -0.2) is 0 Å². The van der Waals surface area contributed by atoms with Crippen molar-refractivity contribution in [2.45, 2.75) is 13.1 Å². The van der Waals surface area contributed by atoms with Crippen LogP contribution in [0.25, 0.3) is 0 Å². The summed E-state index contributed by atoms with van der Waals surface area (Å²) >= 11 is 4.74. The van der Waals surface area contributed by atoms with Crippen LogP contribution in [0.2, 0.25) is 0 Å². The van der Waals surface area contributed by atoms with Gasteiger partial charge in [-0.2, -0.15) is 0 Å². The number of aromatic nitrogens is 1. The highest BCUT2D eigenvalue weighted by Gasteiger charge is 2.11. The number of thiazole rings is 1. The third-order valence-electron chi connectivity index (χ3n) is 2.32. The normalized spacial score (nSPS) is 10.5. The second kappa shape index (κ2) is 6.03. The van der Waals surface area contributed by atoms with Crippen LogP contribution in [0.15, 0.2) is 34.4 Å². The Morgan fingerprint density at radius 1 is 1.44 bits per heavy atom. The van der Waals surface area contributed by atoms with Crippen LogP contribution >= 0.6 is 27.3 Å². The average molecular weight is 328 g/mol. The molecule has 0 amide bonds. The van der Waals surface area contributed by atoms with Crippen molar-refractivity contribution in [2.24, 2.45) is 0 Å². The van der Waals surface area contributed by atoms with Gasteiger partial charge >= 0.3 is 0 Å². The summed E-state index contributed by atoms with van der Waals surface area (Å²) in [6.45, 7) is 1.31. The quantitative estimate of drug-likeness (QED) is 0.676. The first-order valence-corrected chi connectivity index (χ1v) is 6.85. The van der Waals surface area contributed by atoms with Crippen molar-refractivity contribution in [1.29, 1.82) is 0 Å². The first-order valence-electron chi connectivity index (χ1n) is 5.17. The van der Waals surface area contributed by atoms with Crippen LogP contribution in [0.1, 0.15) is 10.4 Å². The van der Waals surface area contributed by atoms with E-state index in [-0.39, 0.29) is 5.69 Å². The average Bonchev–Trinajstić information content (AvgIpc) is 2.84. The number of nitrogens with one attached hydrogen (secondary N) is 1. The van der Waals surface area contributed by atoms with Gasteiger partial charge in [0.2, 0.25) is 0 Å². The Morgan fingerprint density at radius 3 is 2.94 bits per heavy atom. The fourth-order valence-electron chi connectivity index (χ4n) is 1.47. The number of halogens is 1. The molecule has 1 aromatic carbocycles. The molecule has 0 aliphatic heterocycles. The van der Waals surface area contributed by atoms with E-state index in [0.717, 1.165) is 10.4 Å². The van der Waals surface area contributed by atoms with Gasteiger partial charge in [-0.3, -0.25) is 15.1 Å². The Morgan fingerprint density at radius 2 is 2.28 bits per heavy atom. The molecule has 94 valence electrons. The zero-order valence-corrected chi connectivity index (χ0v) is 11.7. The number of nitrogens with zero attached hydrogens (tertiary/aromatic N) is 2. The molecule has 0 aliphatic carbocycles. The molecule has 0 unspecified atom stereocenters. The lowest BCUT2D eigenvalue weighted by atomic mass is 10.2. The molecule has 2 aromatic rings. The van der Waals surface area contributed by atoms with Crippen LogP contribution < -0.4 is 5.32 Å². The summed E-state index contributed by atoms with van der Waals surface area (Å²) in [6, 6.07) is 5.13. The Balaban J connectivity index is 1.97. The Kier molecular flexibility index (Phi) is 4.40. The van der Waals surface area contributed by atoms with Crippen LogP contribution in [0.3, 0.4) is 0 Å². The Bertz CT molecular complexity index is 545. The fourth-order valence-corrected chi connectivity index (χ4v) is 2.42. The van der Waals surface area contributed by atoms with Crippen LogP contribution in [0, 0.1) is 10.1 Å². The Labute approximate surface area is 116 Å². The molecule has 1 N–H and O–H groups in total. The van der Waals surface area contributed by atoms with E-state index in [1.165, 1.54) is 0 Å². The van der Waals surface area contributed by atoms with Gasteiger partial charge in [-0.05, 0) is 27.6 Å². The van der Waals surface area contributed by atoms with Crippen LogP contribution in [0.5, 0.6) is 0 Å². The molecule has 5 nitrogen and oxygen atoms in total. The molecule has 0 bridgehead atoms. The zero-order chi connectivity index (χ0) is 13.0. The number of nitro groups is 1. The summed E-state index contributed by atoms with van der Waals surface area (Å²) in [7, 11) is 0. The summed E-state index contributed by atoms with van der Waals surface area (Å²) in [6.07, 6.45) is 1.81. The van der Waals surface area contributed by atoms with Gasteiger partial charge in [-0.15, -0.1) is 11.3 Å². The van der Waals surface area contributed by atoms with E-state index in [1.807, 2.05) is 12.3 Å². The highest BCUT2D eigenvalue weighted by molar-refractivity contribution is 9.10. The van der Waals surface area contributed by atoms with Crippen molar-refractivity contribution in [3.05, 3.63) is 54.9 Å². The number of hydrogen-bond acceptors (Lipinski definition) is 5. The molecule has 7 heteroatoms. The molecule has 0 saturated heterocycles. The smallest absolute Gasteiger partial charge is 0.283 e. The van der Waals surface area contributed by atoms with Crippen LogP contribution in [-0.2, 0) is 13.1 Å². The van der Waals surface area contributed by atoms with E-state index < -0.39 is 4.92 Å². The van der Waals surface area contributed by atoms with E-state index in [4.69, 9.17) is 0 Å². The standard InChI is InChI=1S/C11H10BrN3O2S/c12-10-2-1-8(3-11(10)15(16)17)4-13-5-9-6-14-7-18-9/h1-3,6-7,13H,4-5H2. The molecule has 0 atom stereocenters. The molecule has 0 aliphatic rings. The van der Waals surface area contributed by atoms with Crippen molar-refractivity contribution in [3.8, 4) is 0 Å². The maximum Gasteiger partial charge on any atom is 0.283 e. The predicted octanol–water partition coefficient (Wildman–Crippen LogP) is 3.10. The predicted molar refractivity (Wildman–Crippen MR) is 73.5 cm³/mol. The SMILES string of the molecule is O=[N+]([O-])c1cc(CNCc2cncs2)ccc1Br. The summed E-state index contributed by atoms with van der Waals surface area (Å²) in [5, 5.41) is 14.0. The van der Waals surface area contributed by atoms with Crippen molar-refractivity contribution in [1.82, 2.24) is 10.3 Å². The minimum Gasteiger partial charge on any atom is -0.308 e. The van der Waals surface area contributed by atoms with Crippen molar-refractivity contribution in [3.63, 3.8) is 0 Å². The van der Waals surface area contributed by atoms with Gasteiger partial charge in [0, 0.05) is 30.2 Å². The third kappa shape index (κ3) is 3.34. The summed E-state index contributed by atoms with van der Waals surface area (Å²) in [5.74, 6) is 0. The van der Waals surface area contributed by atoms with E-state index >= 15 is 0 Å². The van der Waals surface area contributed by atoms with Crippen molar-refractivity contribution < 1.29 is 4.92 Å². The molecule has 0 fully saturated rings. The first kappa shape index (κ1) is 13.1. The lowest BCUT2D eigenvalue weighted by Gasteiger charge is -2.04. The molecule has 2 rings (SSSR count). The minimum absolute atomic E-state index is 0.0899. The number of nitro benzene ring substituents is 1.